The average Bonchev–Trinajstić information content (AvgIpc) is 3.05. The molecule has 0 spiro atoms. The number of hydrogen-bond acceptors (Lipinski definition) is 4. The van der Waals surface area contributed by atoms with E-state index >= 15 is 0 Å². The molecule has 1 amide bonds. The van der Waals surface area contributed by atoms with Gasteiger partial charge in [-0.1, -0.05) is 6.08 Å². The summed E-state index contributed by atoms with van der Waals surface area (Å²) < 4.78 is 5.38. The van der Waals surface area contributed by atoms with E-state index in [9.17, 15) is 4.79 Å². The summed E-state index contributed by atoms with van der Waals surface area (Å²) >= 11 is 0. The summed E-state index contributed by atoms with van der Waals surface area (Å²) in [4.78, 5) is 25.6. The third-order valence-corrected chi connectivity index (χ3v) is 3.16. The lowest BCUT2D eigenvalue weighted by molar-refractivity contribution is 0.0306. The lowest BCUT2D eigenvalue weighted by atomic mass is 10.2. The summed E-state index contributed by atoms with van der Waals surface area (Å²) in [6, 6.07) is 1.88. The van der Waals surface area contributed by atoms with Crippen molar-refractivity contribution >= 4 is 22.8 Å². The molecule has 21 heavy (non-hydrogen) atoms. The molecule has 3 heterocycles. The van der Waals surface area contributed by atoms with E-state index in [1.807, 2.05) is 39.1 Å². The second-order valence-corrected chi connectivity index (χ2v) is 6.06. The van der Waals surface area contributed by atoms with Crippen LogP contribution in [0.4, 0.5) is 4.79 Å². The zero-order valence-electron chi connectivity index (χ0n) is 12.4. The molecule has 0 bridgehead atoms. The van der Waals surface area contributed by atoms with Crippen molar-refractivity contribution in [3.8, 4) is 0 Å². The number of H-pyrrole nitrogens is 1. The molecule has 6 nitrogen and oxygen atoms in total. The van der Waals surface area contributed by atoms with Crippen LogP contribution in [0.3, 0.4) is 0 Å². The third-order valence-electron chi connectivity index (χ3n) is 3.16. The van der Waals surface area contributed by atoms with Crippen LogP contribution in [-0.4, -0.2) is 44.6 Å². The molecule has 0 saturated heterocycles. The first-order valence-corrected chi connectivity index (χ1v) is 6.90. The zero-order chi connectivity index (χ0) is 15.0. The lowest BCUT2D eigenvalue weighted by Crippen LogP contribution is -2.35. The van der Waals surface area contributed by atoms with E-state index in [4.69, 9.17) is 4.74 Å². The number of aromatic nitrogens is 3. The van der Waals surface area contributed by atoms with Crippen molar-refractivity contribution in [2.24, 2.45) is 0 Å². The Labute approximate surface area is 122 Å². The number of rotatable bonds is 1. The van der Waals surface area contributed by atoms with Crippen LogP contribution in [0.25, 0.3) is 16.7 Å². The number of carbonyl (C=O) groups is 1. The molecular weight excluding hydrogens is 268 g/mol. The molecule has 0 aromatic carbocycles. The molecule has 0 aliphatic carbocycles. The maximum absolute atomic E-state index is 12.0. The van der Waals surface area contributed by atoms with Crippen LogP contribution in [0.5, 0.6) is 0 Å². The minimum Gasteiger partial charge on any atom is -0.444 e. The van der Waals surface area contributed by atoms with Crippen molar-refractivity contribution in [1.82, 2.24) is 19.9 Å². The monoisotopic (exact) mass is 286 g/mol. The minimum atomic E-state index is -0.482. The number of nitrogens with zero attached hydrogens (tertiary/aromatic N) is 3. The fourth-order valence-corrected chi connectivity index (χ4v) is 2.19. The van der Waals surface area contributed by atoms with Crippen molar-refractivity contribution in [2.75, 3.05) is 13.1 Å². The molecule has 110 valence electrons. The predicted octanol–water partition coefficient (Wildman–Crippen LogP) is 2.59. The van der Waals surface area contributed by atoms with Crippen LogP contribution < -0.4 is 0 Å². The van der Waals surface area contributed by atoms with Gasteiger partial charge in [0.2, 0.25) is 0 Å². The molecule has 0 fully saturated rings. The van der Waals surface area contributed by atoms with Crippen molar-refractivity contribution in [3.05, 3.63) is 30.2 Å². The fourth-order valence-electron chi connectivity index (χ4n) is 2.19. The molecule has 0 atom stereocenters. The van der Waals surface area contributed by atoms with Gasteiger partial charge in [0.15, 0.2) is 5.65 Å². The van der Waals surface area contributed by atoms with Gasteiger partial charge in [-0.3, -0.25) is 0 Å². The van der Waals surface area contributed by atoms with E-state index in [0.717, 1.165) is 22.4 Å². The number of carbonyl (C=O) groups excluding carboxylic acids is 1. The Morgan fingerprint density at radius 3 is 3.00 bits per heavy atom. The number of nitrogens with one attached hydrogen (secondary N) is 1. The Morgan fingerprint density at radius 1 is 1.43 bits per heavy atom. The van der Waals surface area contributed by atoms with E-state index in [1.54, 1.807) is 11.1 Å². The summed E-state index contributed by atoms with van der Waals surface area (Å²) in [5, 5.41) is 0. The molecule has 0 radical (unpaired) electrons. The number of fused-ring (bicyclic) bond motifs is 1. The molecule has 1 aliphatic rings. The van der Waals surface area contributed by atoms with Crippen LogP contribution in [0.2, 0.25) is 0 Å². The Hall–Kier alpha value is -2.37. The molecular formula is C15H18N4O2. The van der Waals surface area contributed by atoms with Gasteiger partial charge < -0.3 is 14.6 Å². The highest BCUT2D eigenvalue weighted by Gasteiger charge is 2.26. The maximum atomic E-state index is 12.0. The van der Waals surface area contributed by atoms with Crippen LogP contribution in [-0.2, 0) is 4.74 Å². The second kappa shape index (κ2) is 4.87. The Kier molecular flexibility index (Phi) is 3.16. The fraction of sp³-hybridized carbons (Fsp3) is 0.400. The van der Waals surface area contributed by atoms with Crippen molar-refractivity contribution in [1.29, 1.82) is 0 Å². The minimum absolute atomic E-state index is 0.301. The molecule has 2 aromatic rings. The van der Waals surface area contributed by atoms with Crippen molar-refractivity contribution in [3.63, 3.8) is 0 Å². The number of ether oxygens (including phenoxy) is 1. The van der Waals surface area contributed by atoms with Gasteiger partial charge in [-0.2, -0.15) is 0 Å². The number of amides is 1. The number of aromatic amines is 1. The Bertz CT molecular complexity index is 712. The standard InChI is InChI=1S/C15H18N4O2/c1-15(2,3)21-14(20)19-7-5-10(9-19)12-8-17-13-11(18-12)4-6-16-13/h4-6,8H,7,9H2,1-3H3,(H,16,17). The summed E-state index contributed by atoms with van der Waals surface area (Å²) in [5.74, 6) is 0. The summed E-state index contributed by atoms with van der Waals surface area (Å²) in [6.07, 6.45) is 5.23. The van der Waals surface area contributed by atoms with Crippen molar-refractivity contribution in [2.45, 2.75) is 26.4 Å². The first-order chi connectivity index (χ1) is 9.92. The molecule has 1 N–H and O–H groups in total. The van der Waals surface area contributed by atoms with Gasteiger partial charge in [-0.15, -0.1) is 0 Å². The van der Waals surface area contributed by atoms with Crippen LogP contribution in [0.1, 0.15) is 26.5 Å². The molecule has 3 rings (SSSR count). The van der Waals surface area contributed by atoms with Crippen molar-refractivity contribution < 1.29 is 9.53 Å². The van der Waals surface area contributed by atoms with Crippen LogP contribution in [0, 0.1) is 0 Å². The highest BCUT2D eigenvalue weighted by molar-refractivity contribution is 5.78. The van der Waals surface area contributed by atoms with Gasteiger partial charge in [0, 0.05) is 12.7 Å². The van der Waals surface area contributed by atoms with Gasteiger partial charge in [0.05, 0.1) is 18.4 Å². The Morgan fingerprint density at radius 2 is 2.24 bits per heavy atom. The summed E-state index contributed by atoms with van der Waals surface area (Å²) in [7, 11) is 0. The van der Waals surface area contributed by atoms with E-state index < -0.39 is 5.60 Å². The lowest BCUT2D eigenvalue weighted by Gasteiger charge is -2.24. The van der Waals surface area contributed by atoms with Gasteiger partial charge in [-0.25, -0.2) is 14.8 Å². The quantitative estimate of drug-likeness (QED) is 0.874. The summed E-state index contributed by atoms with van der Waals surface area (Å²) in [6.45, 7) is 6.62. The predicted molar refractivity (Wildman–Crippen MR) is 79.7 cm³/mol. The highest BCUT2D eigenvalue weighted by Crippen LogP contribution is 2.22. The largest absolute Gasteiger partial charge is 0.444 e. The van der Waals surface area contributed by atoms with Gasteiger partial charge in [-0.05, 0) is 32.4 Å². The van der Waals surface area contributed by atoms with Crippen LogP contribution in [0.15, 0.2) is 24.5 Å². The smallest absolute Gasteiger partial charge is 0.410 e. The highest BCUT2D eigenvalue weighted by atomic mass is 16.6. The number of hydrogen-bond donors (Lipinski definition) is 1. The van der Waals surface area contributed by atoms with Gasteiger partial charge in [0.25, 0.3) is 0 Å². The summed E-state index contributed by atoms with van der Waals surface area (Å²) in [5.41, 5.74) is 2.90. The van der Waals surface area contributed by atoms with E-state index in [1.165, 1.54) is 0 Å². The van der Waals surface area contributed by atoms with Gasteiger partial charge in [0.1, 0.15) is 11.1 Å². The molecule has 1 aliphatic heterocycles. The molecule has 0 unspecified atom stereocenters. The van der Waals surface area contributed by atoms with Gasteiger partial charge >= 0.3 is 6.09 Å². The normalized spacial score (nSPS) is 15.4. The average molecular weight is 286 g/mol. The first-order valence-electron chi connectivity index (χ1n) is 6.90. The zero-order valence-corrected chi connectivity index (χ0v) is 12.4. The molecule has 0 saturated carbocycles. The first kappa shape index (κ1) is 13.6. The maximum Gasteiger partial charge on any atom is 0.410 e. The van der Waals surface area contributed by atoms with E-state index in [2.05, 4.69) is 15.0 Å². The topological polar surface area (TPSA) is 71.1 Å². The molecule has 2 aromatic heterocycles. The SMILES string of the molecule is CC(C)(C)OC(=O)N1CC=C(c2cnc3[nH]ccc3n2)C1. The molecule has 6 heteroatoms. The third kappa shape index (κ3) is 2.89. The van der Waals surface area contributed by atoms with E-state index in [0.29, 0.717) is 13.1 Å². The van der Waals surface area contributed by atoms with E-state index in [-0.39, 0.29) is 6.09 Å². The van der Waals surface area contributed by atoms with Crippen LogP contribution >= 0.6 is 0 Å². The second-order valence-electron chi connectivity index (χ2n) is 6.06. The Balaban J connectivity index is 1.72.